The van der Waals surface area contributed by atoms with Crippen LogP contribution in [-0.2, 0) is 4.74 Å². The minimum atomic E-state index is -0.995. The smallest absolute Gasteiger partial charge is 0.339 e. The highest BCUT2D eigenvalue weighted by molar-refractivity contribution is 6.33. The van der Waals surface area contributed by atoms with Gasteiger partial charge in [0.25, 0.3) is 0 Å². The van der Waals surface area contributed by atoms with E-state index in [0.717, 1.165) is 6.42 Å². The lowest BCUT2D eigenvalue weighted by Crippen LogP contribution is -2.06. The van der Waals surface area contributed by atoms with E-state index in [1.165, 1.54) is 6.07 Å². The summed E-state index contributed by atoms with van der Waals surface area (Å²) in [5, 5.41) is 9.19. The molecule has 4 nitrogen and oxygen atoms in total. The van der Waals surface area contributed by atoms with Gasteiger partial charge in [0.2, 0.25) is 0 Å². The molecule has 6 heteroatoms. The molecule has 0 heterocycles. The molecule has 0 aliphatic rings. The second kappa shape index (κ2) is 9.87. The molecule has 0 atom stereocenters. The van der Waals surface area contributed by atoms with Crippen molar-refractivity contribution in [1.82, 2.24) is 0 Å². The average Bonchev–Trinajstić information content (AvgIpc) is 2.54. The second-order valence-corrected chi connectivity index (χ2v) is 5.22. The third-order valence-corrected chi connectivity index (χ3v) is 3.29. The van der Waals surface area contributed by atoms with Gasteiger partial charge in [0.05, 0.1) is 27.8 Å². The average molecular weight is 355 g/mol. The maximum absolute atomic E-state index is 11.3. The molecule has 0 saturated heterocycles. The molecule has 0 radical (unpaired) electrons. The number of hydrogen-bond donors (Lipinski definition) is 1. The zero-order valence-electron chi connectivity index (χ0n) is 12.5. The van der Waals surface area contributed by atoms with Crippen molar-refractivity contribution in [2.75, 3.05) is 6.61 Å². The van der Waals surface area contributed by atoms with Crippen LogP contribution in [0.5, 0.6) is 0 Å². The molecule has 1 N–H and O–H groups in total. The van der Waals surface area contributed by atoms with E-state index in [9.17, 15) is 9.59 Å². The van der Waals surface area contributed by atoms with Gasteiger partial charge in [-0.15, -0.1) is 0 Å². The Hall–Kier alpha value is -2.04. The highest BCUT2D eigenvalue weighted by Gasteiger charge is 2.09. The lowest BCUT2D eigenvalue weighted by atomic mass is 10.2. The van der Waals surface area contributed by atoms with Gasteiger partial charge in [-0.2, -0.15) is 0 Å². The monoisotopic (exact) mass is 354 g/mol. The molecule has 0 unspecified atom stereocenters. The van der Waals surface area contributed by atoms with Crippen molar-refractivity contribution in [1.29, 1.82) is 0 Å². The van der Waals surface area contributed by atoms with Crippen molar-refractivity contribution in [3.8, 4) is 0 Å². The Morgan fingerprint density at radius 1 is 0.957 bits per heavy atom. The molecular weight excluding hydrogens is 339 g/mol. The summed E-state index contributed by atoms with van der Waals surface area (Å²) in [4.78, 5) is 21.7. The van der Waals surface area contributed by atoms with E-state index in [1.54, 1.807) is 42.5 Å². The molecule has 122 valence electrons. The van der Waals surface area contributed by atoms with Gasteiger partial charge in [-0.05, 0) is 30.7 Å². The molecule has 0 aromatic heterocycles. The number of carboxylic acids is 1. The number of esters is 1. The van der Waals surface area contributed by atoms with Crippen LogP contribution in [0, 0.1) is 0 Å². The number of carbonyl (C=O) groups is 2. The fourth-order valence-electron chi connectivity index (χ4n) is 1.53. The lowest BCUT2D eigenvalue weighted by molar-refractivity contribution is 0.0505. The van der Waals surface area contributed by atoms with Crippen LogP contribution in [0.3, 0.4) is 0 Å². The zero-order chi connectivity index (χ0) is 17.2. The van der Waals surface area contributed by atoms with Crippen molar-refractivity contribution in [3.63, 3.8) is 0 Å². The Kier molecular flexibility index (Phi) is 8.16. The summed E-state index contributed by atoms with van der Waals surface area (Å²) < 4.78 is 4.93. The normalized spacial score (nSPS) is 9.52. The van der Waals surface area contributed by atoms with E-state index in [2.05, 4.69) is 0 Å². The van der Waals surface area contributed by atoms with Crippen molar-refractivity contribution in [3.05, 3.63) is 69.7 Å². The standard InChI is InChI=1S/C10H11ClO2.C7H5ClO2/c1-2-7-13-10(12)8-5-3-4-6-9(8)11;8-6-4-2-1-3-5(6)7(9)10/h3-6H,2,7H2,1H3;1-4H,(H,9,10). The maximum atomic E-state index is 11.3. The quantitative estimate of drug-likeness (QED) is 0.789. The van der Waals surface area contributed by atoms with Crippen LogP contribution in [0.15, 0.2) is 48.5 Å². The SMILES string of the molecule is CCCOC(=O)c1ccccc1Cl.O=C(O)c1ccccc1Cl. The molecule has 0 fully saturated rings. The van der Waals surface area contributed by atoms with Gasteiger partial charge in [0.1, 0.15) is 0 Å². The highest BCUT2D eigenvalue weighted by atomic mass is 35.5. The van der Waals surface area contributed by atoms with Gasteiger partial charge < -0.3 is 9.84 Å². The summed E-state index contributed by atoms with van der Waals surface area (Å²) in [5.41, 5.74) is 0.571. The maximum Gasteiger partial charge on any atom is 0.339 e. The number of aromatic carboxylic acids is 1. The van der Waals surface area contributed by atoms with Crippen molar-refractivity contribution in [2.45, 2.75) is 13.3 Å². The van der Waals surface area contributed by atoms with Crippen molar-refractivity contribution < 1.29 is 19.4 Å². The van der Waals surface area contributed by atoms with Crippen LogP contribution in [0.4, 0.5) is 0 Å². The minimum Gasteiger partial charge on any atom is -0.478 e. The Morgan fingerprint density at radius 3 is 1.83 bits per heavy atom. The van der Waals surface area contributed by atoms with E-state index in [4.69, 9.17) is 33.0 Å². The molecule has 2 aromatic rings. The number of carbonyl (C=O) groups excluding carboxylic acids is 1. The van der Waals surface area contributed by atoms with E-state index < -0.39 is 5.97 Å². The lowest BCUT2D eigenvalue weighted by Gasteiger charge is -2.03. The minimum absolute atomic E-state index is 0.143. The molecule has 0 aliphatic carbocycles. The van der Waals surface area contributed by atoms with Gasteiger partial charge in [-0.25, -0.2) is 9.59 Å². The van der Waals surface area contributed by atoms with E-state index in [1.807, 2.05) is 6.92 Å². The molecule has 0 aliphatic heterocycles. The van der Waals surface area contributed by atoms with Gasteiger partial charge in [0.15, 0.2) is 0 Å². The molecule has 0 spiro atoms. The van der Waals surface area contributed by atoms with Crippen LogP contribution in [0.1, 0.15) is 34.1 Å². The van der Waals surface area contributed by atoms with Crippen LogP contribution in [0.2, 0.25) is 10.0 Å². The first-order valence-corrected chi connectivity index (χ1v) is 7.62. The first-order chi connectivity index (χ1) is 11.0. The first kappa shape index (κ1) is 19.0. The van der Waals surface area contributed by atoms with E-state index >= 15 is 0 Å². The number of halogens is 2. The highest BCUT2D eigenvalue weighted by Crippen LogP contribution is 2.16. The predicted octanol–water partition coefficient (Wildman–Crippen LogP) is 4.95. The fraction of sp³-hybridized carbons (Fsp3) is 0.176. The van der Waals surface area contributed by atoms with Crippen LogP contribution >= 0.6 is 23.2 Å². The van der Waals surface area contributed by atoms with Gasteiger partial charge in [-0.1, -0.05) is 54.4 Å². The van der Waals surface area contributed by atoms with Crippen LogP contribution < -0.4 is 0 Å². The Bertz CT molecular complexity index is 671. The zero-order valence-corrected chi connectivity index (χ0v) is 14.0. The summed E-state index contributed by atoms with van der Waals surface area (Å²) >= 11 is 11.3. The third kappa shape index (κ3) is 6.30. The molecule has 0 amide bonds. The molecule has 23 heavy (non-hydrogen) atoms. The van der Waals surface area contributed by atoms with Crippen molar-refractivity contribution in [2.24, 2.45) is 0 Å². The van der Waals surface area contributed by atoms with Gasteiger partial charge >= 0.3 is 11.9 Å². The molecular formula is C17H16Cl2O4. The predicted molar refractivity (Wildman–Crippen MR) is 90.4 cm³/mol. The van der Waals surface area contributed by atoms with Gasteiger partial charge in [-0.3, -0.25) is 0 Å². The number of benzene rings is 2. The van der Waals surface area contributed by atoms with Crippen LogP contribution in [-0.4, -0.2) is 23.7 Å². The summed E-state index contributed by atoms with van der Waals surface area (Å²) in [7, 11) is 0. The Morgan fingerprint density at radius 2 is 1.43 bits per heavy atom. The number of carboxylic acid groups (broad SMARTS) is 1. The Labute approximate surface area is 144 Å². The van der Waals surface area contributed by atoms with E-state index in [0.29, 0.717) is 17.2 Å². The fourth-order valence-corrected chi connectivity index (χ4v) is 1.96. The van der Waals surface area contributed by atoms with E-state index in [-0.39, 0.29) is 16.6 Å². The summed E-state index contributed by atoms with van der Waals surface area (Å²) in [6.45, 7) is 2.38. The topological polar surface area (TPSA) is 63.6 Å². The van der Waals surface area contributed by atoms with Crippen molar-refractivity contribution >= 4 is 35.1 Å². The summed E-state index contributed by atoms with van der Waals surface area (Å²) in [5.74, 6) is -1.35. The third-order valence-electron chi connectivity index (χ3n) is 2.64. The largest absolute Gasteiger partial charge is 0.478 e. The number of ether oxygens (including phenoxy) is 1. The number of rotatable bonds is 4. The molecule has 2 aromatic carbocycles. The number of hydrogen-bond acceptors (Lipinski definition) is 3. The van der Waals surface area contributed by atoms with Gasteiger partial charge in [0, 0.05) is 0 Å². The molecule has 0 saturated carbocycles. The van der Waals surface area contributed by atoms with Crippen LogP contribution in [0.25, 0.3) is 0 Å². The second-order valence-electron chi connectivity index (χ2n) is 4.40. The molecule has 2 rings (SSSR count). The first-order valence-electron chi connectivity index (χ1n) is 6.86. The molecule has 0 bridgehead atoms. The Balaban J connectivity index is 0.000000238. The summed E-state index contributed by atoms with van der Waals surface area (Å²) in [6, 6.07) is 13.2. The summed E-state index contributed by atoms with van der Waals surface area (Å²) in [6.07, 6.45) is 0.816.